The Labute approximate surface area is 350 Å². The van der Waals surface area contributed by atoms with Crippen molar-refractivity contribution >= 4 is 75.4 Å². The highest BCUT2D eigenvalue weighted by Gasteiger charge is 2.25. The summed E-state index contributed by atoms with van der Waals surface area (Å²) in [5, 5.41) is 18.9. The SMILES string of the molecule is CC(C)c1ccc2cc(-c3c4ccccc4c(-c4cc(C(C)C)c5ccc6c(C(C)C)cc(C(C)C)c7ccc4c5c76)c4ccccc34)c3ccc(C(C)C)cc3c2c1. The first-order valence-electron chi connectivity index (χ1n) is 22.2. The van der Waals surface area contributed by atoms with Gasteiger partial charge in [-0.25, -0.2) is 0 Å². The summed E-state index contributed by atoms with van der Waals surface area (Å²) in [6.07, 6.45) is 0. The fraction of sp³-hybridized carbons (Fsp3) is 0.254. The van der Waals surface area contributed by atoms with Crippen LogP contribution >= 0.6 is 0 Å². The molecule has 0 aliphatic rings. The van der Waals surface area contributed by atoms with Gasteiger partial charge in [-0.05, 0) is 167 Å². The van der Waals surface area contributed by atoms with E-state index in [-0.39, 0.29) is 0 Å². The van der Waals surface area contributed by atoms with Crippen molar-refractivity contribution in [1.29, 1.82) is 0 Å². The molecule has 0 saturated carbocycles. The molecule has 0 spiro atoms. The lowest BCUT2D eigenvalue weighted by Crippen LogP contribution is -2.01. The minimum absolute atomic E-state index is 0.361. The molecule has 0 unspecified atom stereocenters. The Morgan fingerprint density at radius 3 is 1.14 bits per heavy atom. The monoisotopic (exact) mass is 764 g/mol. The highest BCUT2D eigenvalue weighted by Crippen LogP contribution is 2.51. The Bertz CT molecular complexity index is 3210. The summed E-state index contributed by atoms with van der Waals surface area (Å²) >= 11 is 0. The van der Waals surface area contributed by atoms with Crippen molar-refractivity contribution in [3.05, 3.63) is 155 Å². The lowest BCUT2D eigenvalue weighted by atomic mass is 9.78. The van der Waals surface area contributed by atoms with Gasteiger partial charge in [-0.15, -0.1) is 0 Å². The van der Waals surface area contributed by atoms with E-state index in [4.69, 9.17) is 0 Å². The summed E-state index contributed by atoms with van der Waals surface area (Å²) in [5.74, 6) is 2.14. The summed E-state index contributed by atoms with van der Waals surface area (Å²) in [6.45, 7) is 23.4. The number of fused-ring (bicyclic) bond motifs is 5. The van der Waals surface area contributed by atoms with Gasteiger partial charge >= 0.3 is 0 Å². The Balaban J connectivity index is 1.37. The molecule has 0 atom stereocenters. The van der Waals surface area contributed by atoms with Gasteiger partial charge in [-0.2, -0.15) is 0 Å². The maximum absolute atomic E-state index is 2.55. The second kappa shape index (κ2) is 13.9. The highest BCUT2D eigenvalue weighted by molar-refractivity contribution is 6.31. The zero-order valence-corrected chi connectivity index (χ0v) is 36.5. The molecule has 0 nitrogen and oxygen atoms in total. The summed E-state index contributed by atoms with van der Waals surface area (Å²) in [6, 6.07) is 50.2. The molecule has 10 rings (SSSR count). The van der Waals surface area contributed by atoms with Gasteiger partial charge < -0.3 is 0 Å². The number of benzene rings is 10. The van der Waals surface area contributed by atoms with Crippen molar-refractivity contribution in [3.63, 3.8) is 0 Å². The van der Waals surface area contributed by atoms with Crippen molar-refractivity contribution in [2.75, 3.05) is 0 Å². The summed E-state index contributed by atoms with van der Waals surface area (Å²) < 4.78 is 0. The molecule has 10 aromatic rings. The first kappa shape index (κ1) is 37.5. The van der Waals surface area contributed by atoms with Gasteiger partial charge in [0.1, 0.15) is 0 Å². The number of hydrogen-bond acceptors (Lipinski definition) is 0. The molecule has 0 N–H and O–H groups in total. The van der Waals surface area contributed by atoms with Crippen LogP contribution < -0.4 is 0 Å². The van der Waals surface area contributed by atoms with Gasteiger partial charge in [-0.1, -0.05) is 184 Å². The highest BCUT2D eigenvalue weighted by atomic mass is 14.3. The van der Waals surface area contributed by atoms with Crippen LogP contribution in [0.5, 0.6) is 0 Å². The van der Waals surface area contributed by atoms with E-state index in [9.17, 15) is 0 Å². The van der Waals surface area contributed by atoms with Crippen LogP contribution in [0.25, 0.3) is 97.7 Å². The molecule has 0 fully saturated rings. The smallest absolute Gasteiger partial charge is 0.00175 e. The molecular weight excluding hydrogens is 709 g/mol. The van der Waals surface area contributed by atoms with Crippen LogP contribution in [-0.2, 0) is 0 Å². The van der Waals surface area contributed by atoms with Crippen molar-refractivity contribution in [3.8, 4) is 22.3 Å². The van der Waals surface area contributed by atoms with Crippen LogP contribution in [0.2, 0.25) is 0 Å². The van der Waals surface area contributed by atoms with E-state index in [1.165, 1.54) is 125 Å². The van der Waals surface area contributed by atoms with Gasteiger partial charge in [0.2, 0.25) is 0 Å². The number of rotatable bonds is 7. The van der Waals surface area contributed by atoms with E-state index in [2.05, 4.69) is 197 Å². The zero-order valence-electron chi connectivity index (χ0n) is 36.5. The molecule has 0 heteroatoms. The fourth-order valence-corrected chi connectivity index (χ4v) is 10.5. The Morgan fingerprint density at radius 2 is 0.661 bits per heavy atom. The van der Waals surface area contributed by atoms with Crippen LogP contribution in [0.3, 0.4) is 0 Å². The topological polar surface area (TPSA) is 0 Å². The quantitative estimate of drug-likeness (QED) is 0.112. The minimum atomic E-state index is 0.361. The summed E-state index contributed by atoms with van der Waals surface area (Å²) in [4.78, 5) is 0. The molecule has 0 heterocycles. The predicted octanol–water partition coefficient (Wildman–Crippen LogP) is 18.1. The van der Waals surface area contributed by atoms with E-state index in [1.807, 2.05) is 0 Å². The summed E-state index contributed by atoms with van der Waals surface area (Å²) in [7, 11) is 0. The maximum Gasteiger partial charge on any atom is -0.00175 e. The lowest BCUT2D eigenvalue weighted by molar-refractivity contribution is 0.847. The lowest BCUT2D eigenvalue weighted by Gasteiger charge is -2.25. The second-order valence-electron chi connectivity index (χ2n) is 19.0. The molecule has 0 bridgehead atoms. The summed E-state index contributed by atoms with van der Waals surface area (Å²) in [5.41, 5.74) is 12.4. The largest absolute Gasteiger partial charge is 0.0616 e. The van der Waals surface area contributed by atoms with E-state index in [0.29, 0.717) is 29.6 Å². The third-order valence-corrected chi connectivity index (χ3v) is 13.7. The van der Waals surface area contributed by atoms with Crippen LogP contribution in [-0.4, -0.2) is 0 Å². The average Bonchev–Trinajstić information content (AvgIpc) is 3.23. The third kappa shape index (κ3) is 5.70. The molecule has 0 aliphatic carbocycles. The van der Waals surface area contributed by atoms with Gasteiger partial charge in [0, 0.05) is 0 Å². The molecule has 0 saturated heterocycles. The van der Waals surface area contributed by atoms with Crippen LogP contribution in [0.1, 0.15) is 127 Å². The van der Waals surface area contributed by atoms with Crippen molar-refractivity contribution in [1.82, 2.24) is 0 Å². The van der Waals surface area contributed by atoms with Crippen molar-refractivity contribution < 1.29 is 0 Å². The molecule has 59 heavy (non-hydrogen) atoms. The van der Waals surface area contributed by atoms with Crippen LogP contribution in [0.4, 0.5) is 0 Å². The Morgan fingerprint density at radius 1 is 0.271 bits per heavy atom. The van der Waals surface area contributed by atoms with E-state index in [1.54, 1.807) is 0 Å². The Hall–Kier alpha value is -5.72. The predicted molar refractivity (Wildman–Crippen MR) is 261 cm³/mol. The third-order valence-electron chi connectivity index (χ3n) is 13.7. The van der Waals surface area contributed by atoms with E-state index in [0.717, 1.165) is 0 Å². The maximum atomic E-state index is 2.55. The molecule has 10 aromatic carbocycles. The zero-order chi connectivity index (χ0) is 41.0. The number of hydrogen-bond donors (Lipinski definition) is 0. The molecule has 0 aromatic heterocycles. The fourth-order valence-electron chi connectivity index (χ4n) is 10.5. The molecule has 0 radical (unpaired) electrons. The van der Waals surface area contributed by atoms with E-state index < -0.39 is 0 Å². The standard InChI is InChI=1S/C59H56/c1-32(2)37-19-20-39-29-54(40-22-21-38(33(3)4)28-53(40)52(39)27-37)56-41-15-11-13-17-43(41)57(44-18-14-12-16-42(44)56)55-31-51(36(9)10)47-24-23-45-49(34(5)6)30-50(35(7)8)46-25-26-48(55)59(47)58(45)46/h11-36H,1-10H3. The second-order valence-corrected chi connectivity index (χ2v) is 19.0. The molecule has 0 aliphatic heterocycles. The van der Waals surface area contributed by atoms with E-state index >= 15 is 0 Å². The van der Waals surface area contributed by atoms with Crippen LogP contribution in [0, 0.1) is 0 Å². The van der Waals surface area contributed by atoms with Crippen molar-refractivity contribution in [2.24, 2.45) is 0 Å². The first-order valence-corrected chi connectivity index (χ1v) is 22.2. The van der Waals surface area contributed by atoms with Crippen molar-refractivity contribution in [2.45, 2.75) is 98.8 Å². The average molecular weight is 765 g/mol. The molecular formula is C59H56. The minimum Gasteiger partial charge on any atom is -0.0616 e. The van der Waals surface area contributed by atoms with Gasteiger partial charge in [0.15, 0.2) is 0 Å². The van der Waals surface area contributed by atoms with Gasteiger partial charge in [-0.3, -0.25) is 0 Å². The first-order chi connectivity index (χ1) is 28.4. The van der Waals surface area contributed by atoms with Gasteiger partial charge in [0.05, 0.1) is 0 Å². The van der Waals surface area contributed by atoms with Crippen LogP contribution in [0.15, 0.2) is 127 Å². The molecule has 0 amide bonds. The Kier molecular flexibility index (Phi) is 8.88. The molecule has 292 valence electrons. The van der Waals surface area contributed by atoms with Gasteiger partial charge in [0.25, 0.3) is 0 Å². The normalized spacial score (nSPS) is 12.7.